The van der Waals surface area contributed by atoms with E-state index < -0.39 is 10.0 Å². The number of ketones is 1. The quantitative estimate of drug-likeness (QED) is 0.779. The Kier molecular flexibility index (Phi) is 4.86. The first-order valence-corrected chi connectivity index (χ1v) is 7.44. The maximum absolute atomic E-state index is 11.7. The van der Waals surface area contributed by atoms with Gasteiger partial charge in [-0.1, -0.05) is 0 Å². The number of nitrogens with one attached hydrogen (secondary N) is 1. The van der Waals surface area contributed by atoms with Gasteiger partial charge < -0.3 is 5.32 Å². The molecule has 0 aliphatic heterocycles. The molecular weight excluding hydrogens is 252 g/mol. The van der Waals surface area contributed by atoms with Crippen molar-refractivity contribution < 1.29 is 13.2 Å². The lowest BCUT2D eigenvalue weighted by atomic mass is 10.1. The second-order valence-corrected chi connectivity index (χ2v) is 5.95. The van der Waals surface area contributed by atoms with Crippen LogP contribution >= 0.6 is 0 Å². The summed E-state index contributed by atoms with van der Waals surface area (Å²) in [4.78, 5) is 11.2. The Hall–Kier alpha value is -1.40. The highest BCUT2D eigenvalue weighted by Gasteiger charge is 2.16. The van der Waals surface area contributed by atoms with Crippen molar-refractivity contribution in [3.63, 3.8) is 0 Å². The van der Waals surface area contributed by atoms with Crippen molar-refractivity contribution in [3.8, 4) is 0 Å². The van der Waals surface area contributed by atoms with Gasteiger partial charge in [0.05, 0.1) is 11.9 Å². The summed E-state index contributed by atoms with van der Waals surface area (Å²) in [7, 11) is -1.55. The minimum absolute atomic E-state index is 0.0392. The number of nitrogens with zero attached hydrogens (tertiary/aromatic N) is 1. The van der Waals surface area contributed by atoms with E-state index in [4.69, 9.17) is 0 Å². The molecule has 0 bridgehead atoms. The predicted molar refractivity (Wildman–Crippen MR) is 72.6 cm³/mol. The fourth-order valence-corrected chi connectivity index (χ4v) is 2.49. The Balaban J connectivity index is 3.02. The minimum atomic E-state index is -3.31. The highest BCUT2D eigenvalue weighted by atomic mass is 32.2. The SMILES string of the molecule is CNCCN(c1ccc(C(C)=O)cc1)S(C)(=O)=O. The Morgan fingerprint density at radius 2 is 1.83 bits per heavy atom. The molecule has 0 aliphatic carbocycles. The molecule has 1 aromatic carbocycles. The van der Waals surface area contributed by atoms with Crippen LogP contribution in [0.2, 0.25) is 0 Å². The summed E-state index contributed by atoms with van der Waals surface area (Å²) in [6.07, 6.45) is 1.17. The van der Waals surface area contributed by atoms with Crippen LogP contribution in [-0.2, 0) is 10.0 Å². The molecule has 0 radical (unpaired) electrons. The molecule has 0 saturated carbocycles. The number of carbonyl (C=O) groups excluding carboxylic acids is 1. The summed E-state index contributed by atoms with van der Waals surface area (Å²) in [6.45, 7) is 2.39. The third-order valence-electron chi connectivity index (χ3n) is 2.53. The maximum Gasteiger partial charge on any atom is 0.232 e. The third-order valence-corrected chi connectivity index (χ3v) is 3.72. The second kappa shape index (κ2) is 5.97. The molecule has 0 saturated heterocycles. The zero-order chi connectivity index (χ0) is 13.8. The second-order valence-electron chi connectivity index (χ2n) is 4.04. The standard InChI is InChI=1S/C12H18N2O3S/c1-10(15)11-4-6-12(7-5-11)14(9-8-13-2)18(3,16)17/h4-7,13H,8-9H2,1-3H3. The molecular formula is C12H18N2O3S. The highest BCUT2D eigenvalue weighted by Crippen LogP contribution is 2.18. The van der Waals surface area contributed by atoms with E-state index in [0.29, 0.717) is 24.3 Å². The van der Waals surface area contributed by atoms with Gasteiger partial charge in [-0.05, 0) is 38.2 Å². The first-order valence-electron chi connectivity index (χ1n) is 5.59. The number of likely N-dealkylation sites (N-methyl/N-ethyl adjacent to an activating group) is 1. The number of hydrogen-bond donors (Lipinski definition) is 1. The summed E-state index contributed by atoms with van der Waals surface area (Å²) in [5, 5.41) is 2.91. The van der Waals surface area contributed by atoms with Gasteiger partial charge in [-0.25, -0.2) is 8.42 Å². The van der Waals surface area contributed by atoms with Gasteiger partial charge in [0, 0.05) is 18.7 Å². The topological polar surface area (TPSA) is 66.5 Å². The molecule has 0 fully saturated rings. The molecule has 0 aliphatic rings. The van der Waals surface area contributed by atoms with E-state index in [2.05, 4.69) is 5.32 Å². The summed E-state index contributed by atoms with van der Waals surface area (Å²) in [5.41, 5.74) is 1.14. The van der Waals surface area contributed by atoms with Crippen LogP contribution in [0.1, 0.15) is 17.3 Å². The van der Waals surface area contributed by atoms with Gasteiger partial charge in [0.2, 0.25) is 10.0 Å². The first kappa shape index (κ1) is 14.7. The molecule has 0 atom stereocenters. The van der Waals surface area contributed by atoms with Gasteiger partial charge in [-0.3, -0.25) is 9.10 Å². The average molecular weight is 270 g/mol. The molecule has 1 N–H and O–H groups in total. The number of benzene rings is 1. The van der Waals surface area contributed by atoms with Gasteiger partial charge in [-0.2, -0.15) is 0 Å². The van der Waals surface area contributed by atoms with Crippen molar-refractivity contribution in [2.24, 2.45) is 0 Å². The van der Waals surface area contributed by atoms with E-state index in [-0.39, 0.29) is 5.78 Å². The summed E-state index contributed by atoms with van der Waals surface area (Å²) in [5.74, 6) is -0.0392. The van der Waals surface area contributed by atoms with Crippen LogP contribution in [0.4, 0.5) is 5.69 Å². The molecule has 1 rings (SSSR count). The normalized spacial score (nSPS) is 11.3. The molecule has 100 valence electrons. The average Bonchev–Trinajstić information content (AvgIpc) is 2.28. The molecule has 0 aromatic heterocycles. The van der Waals surface area contributed by atoms with Crippen molar-refractivity contribution in [1.82, 2.24) is 5.32 Å². The fourth-order valence-electron chi connectivity index (χ4n) is 1.56. The van der Waals surface area contributed by atoms with Crippen LogP contribution in [0, 0.1) is 0 Å². The highest BCUT2D eigenvalue weighted by molar-refractivity contribution is 7.92. The zero-order valence-electron chi connectivity index (χ0n) is 10.8. The minimum Gasteiger partial charge on any atom is -0.318 e. The van der Waals surface area contributed by atoms with Gasteiger partial charge in [0.1, 0.15) is 0 Å². The van der Waals surface area contributed by atoms with E-state index in [1.807, 2.05) is 0 Å². The maximum atomic E-state index is 11.7. The molecule has 0 spiro atoms. The van der Waals surface area contributed by atoms with Gasteiger partial charge in [0.25, 0.3) is 0 Å². The summed E-state index contributed by atoms with van der Waals surface area (Å²) >= 11 is 0. The van der Waals surface area contributed by atoms with Gasteiger partial charge >= 0.3 is 0 Å². The lowest BCUT2D eigenvalue weighted by Gasteiger charge is -2.22. The van der Waals surface area contributed by atoms with Gasteiger partial charge in [0.15, 0.2) is 5.78 Å². The third kappa shape index (κ3) is 3.82. The molecule has 0 unspecified atom stereocenters. The van der Waals surface area contributed by atoms with Crippen molar-refractivity contribution in [2.75, 3.05) is 30.7 Å². The molecule has 0 amide bonds. The van der Waals surface area contributed by atoms with Crippen LogP contribution < -0.4 is 9.62 Å². The van der Waals surface area contributed by atoms with Crippen LogP contribution in [0.15, 0.2) is 24.3 Å². The number of carbonyl (C=O) groups is 1. The zero-order valence-corrected chi connectivity index (χ0v) is 11.6. The lowest BCUT2D eigenvalue weighted by molar-refractivity contribution is 0.101. The Morgan fingerprint density at radius 3 is 2.22 bits per heavy atom. The Morgan fingerprint density at radius 1 is 1.28 bits per heavy atom. The Labute approximate surface area is 108 Å². The van der Waals surface area contributed by atoms with Crippen molar-refractivity contribution in [3.05, 3.63) is 29.8 Å². The van der Waals surface area contributed by atoms with E-state index in [1.54, 1.807) is 31.3 Å². The number of rotatable bonds is 6. The van der Waals surface area contributed by atoms with Crippen LogP contribution in [0.5, 0.6) is 0 Å². The van der Waals surface area contributed by atoms with Crippen molar-refractivity contribution in [2.45, 2.75) is 6.92 Å². The lowest BCUT2D eigenvalue weighted by Crippen LogP contribution is -2.35. The van der Waals surface area contributed by atoms with Gasteiger partial charge in [-0.15, -0.1) is 0 Å². The van der Waals surface area contributed by atoms with Crippen LogP contribution in [0.3, 0.4) is 0 Å². The smallest absolute Gasteiger partial charge is 0.232 e. The number of Topliss-reactive ketones (excluding diaryl/α,β-unsaturated/α-hetero) is 1. The molecule has 1 aromatic rings. The Bertz CT molecular complexity index is 509. The largest absolute Gasteiger partial charge is 0.318 e. The van der Waals surface area contributed by atoms with E-state index in [1.165, 1.54) is 17.5 Å². The van der Waals surface area contributed by atoms with Crippen LogP contribution in [-0.4, -0.2) is 40.6 Å². The van der Waals surface area contributed by atoms with Crippen molar-refractivity contribution >= 4 is 21.5 Å². The molecule has 6 heteroatoms. The van der Waals surface area contributed by atoms with E-state index >= 15 is 0 Å². The number of hydrogen-bond acceptors (Lipinski definition) is 4. The van der Waals surface area contributed by atoms with E-state index in [0.717, 1.165) is 0 Å². The number of sulfonamides is 1. The van der Waals surface area contributed by atoms with E-state index in [9.17, 15) is 13.2 Å². The molecule has 0 heterocycles. The molecule has 18 heavy (non-hydrogen) atoms. The first-order chi connectivity index (χ1) is 8.36. The summed E-state index contributed by atoms with van der Waals surface area (Å²) < 4.78 is 24.7. The molecule has 5 nitrogen and oxygen atoms in total. The number of anilines is 1. The fraction of sp³-hybridized carbons (Fsp3) is 0.417. The van der Waals surface area contributed by atoms with Crippen molar-refractivity contribution in [1.29, 1.82) is 0 Å². The predicted octanol–water partition coefficient (Wildman–Crippen LogP) is 0.875. The summed E-state index contributed by atoms with van der Waals surface area (Å²) in [6, 6.07) is 6.56. The monoisotopic (exact) mass is 270 g/mol. The van der Waals surface area contributed by atoms with Crippen LogP contribution in [0.25, 0.3) is 0 Å².